The largest absolute Gasteiger partial charge is 0.480 e. The number of hydrogen-bond acceptors (Lipinski definition) is 2. The summed E-state index contributed by atoms with van der Waals surface area (Å²) in [5.74, 6) is -1.42. The second-order valence-corrected chi connectivity index (χ2v) is 4.94. The zero-order valence-corrected chi connectivity index (χ0v) is 10.9. The summed E-state index contributed by atoms with van der Waals surface area (Å²) in [6.07, 6.45) is 1.66. The Balaban J connectivity index is 2.27. The molecule has 4 nitrogen and oxygen atoms in total. The number of aliphatic carboxylic acids is 1. The van der Waals surface area contributed by atoms with Crippen molar-refractivity contribution < 1.29 is 14.7 Å². The molecule has 1 N–H and O–H groups in total. The minimum Gasteiger partial charge on any atom is -0.480 e. The average Bonchev–Trinajstić information content (AvgIpc) is 3.12. The summed E-state index contributed by atoms with van der Waals surface area (Å²) in [5, 5.41) is 9.28. The number of rotatable bonds is 4. The molecule has 1 saturated carbocycles. The van der Waals surface area contributed by atoms with E-state index < -0.39 is 5.97 Å². The Kier molecular flexibility index (Phi) is 3.78. The van der Waals surface area contributed by atoms with Crippen LogP contribution in [-0.2, 0) is 4.79 Å². The first-order valence-corrected chi connectivity index (χ1v) is 6.23. The molecule has 0 heterocycles. The molecule has 6 heteroatoms. The van der Waals surface area contributed by atoms with Gasteiger partial charge in [-0.3, -0.25) is 9.59 Å². The van der Waals surface area contributed by atoms with Crippen LogP contribution in [0.4, 0.5) is 0 Å². The smallest absolute Gasteiger partial charge is 0.323 e. The molecule has 1 aliphatic rings. The van der Waals surface area contributed by atoms with Crippen LogP contribution in [0.25, 0.3) is 0 Å². The van der Waals surface area contributed by atoms with Gasteiger partial charge < -0.3 is 10.0 Å². The minimum atomic E-state index is -1.03. The summed E-state index contributed by atoms with van der Waals surface area (Å²) in [6.45, 7) is -0.313. The van der Waals surface area contributed by atoms with Crippen molar-refractivity contribution >= 4 is 35.1 Å². The zero-order valence-electron chi connectivity index (χ0n) is 9.40. The number of hydrogen-bond donors (Lipinski definition) is 1. The number of halogens is 2. The first-order valence-electron chi connectivity index (χ1n) is 5.47. The van der Waals surface area contributed by atoms with Crippen LogP contribution in [0.15, 0.2) is 18.2 Å². The van der Waals surface area contributed by atoms with E-state index in [2.05, 4.69) is 0 Å². The SMILES string of the molecule is O=C(O)CN(C(=O)c1cccc(Cl)c1Cl)C1CC1. The maximum absolute atomic E-state index is 12.3. The van der Waals surface area contributed by atoms with E-state index in [0.717, 1.165) is 12.8 Å². The average molecular weight is 288 g/mol. The molecular formula is C12H11Cl2NO3. The van der Waals surface area contributed by atoms with E-state index in [4.69, 9.17) is 28.3 Å². The highest BCUT2D eigenvalue weighted by molar-refractivity contribution is 6.43. The molecule has 1 aromatic carbocycles. The Morgan fingerprint density at radius 1 is 1.33 bits per heavy atom. The molecule has 2 rings (SSSR count). The molecule has 0 radical (unpaired) electrons. The number of amides is 1. The fourth-order valence-electron chi connectivity index (χ4n) is 1.72. The Bertz CT molecular complexity index is 500. The van der Waals surface area contributed by atoms with E-state index >= 15 is 0 Å². The molecule has 0 bridgehead atoms. The third-order valence-electron chi connectivity index (χ3n) is 2.74. The third-order valence-corrected chi connectivity index (χ3v) is 3.56. The first kappa shape index (κ1) is 13.2. The zero-order chi connectivity index (χ0) is 13.3. The Labute approximate surface area is 114 Å². The highest BCUT2D eigenvalue weighted by Gasteiger charge is 2.35. The predicted octanol–water partition coefficient (Wildman–Crippen LogP) is 2.68. The number of carbonyl (C=O) groups excluding carboxylic acids is 1. The van der Waals surface area contributed by atoms with Crippen molar-refractivity contribution in [2.75, 3.05) is 6.54 Å². The molecule has 0 spiro atoms. The van der Waals surface area contributed by atoms with Crippen LogP contribution in [0.1, 0.15) is 23.2 Å². The van der Waals surface area contributed by atoms with Gasteiger partial charge in [-0.15, -0.1) is 0 Å². The van der Waals surface area contributed by atoms with Crippen molar-refractivity contribution in [2.45, 2.75) is 18.9 Å². The molecule has 1 amide bonds. The van der Waals surface area contributed by atoms with E-state index in [0.29, 0.717) is 0 Å². The molecule has 96 valence electrons. The molecule has 0 atom stereocenters. The monoisotopic (exact) mass is 287 g/mol. The van der Waals surface area contributed by atoms with Crippen molar-refractivity contribution in [3.05, 3.63) is 33.8 Å². The molecular weight excluding hydrogens is 277 g/mol. The lowest BCUT2D eigenvalue weighted by molar-refractivity contribution is -0.137. The summed E-state index contributed by atoms with van der Waals surface area (Å²) in [5.41, 5.74) is 0.248. The van der Waals surface area contributed by atoms with Crippen LogP contribution in [0.3, 0.4) is 0 Å². The van der Waals surface area contributed by atoms with E-state index in [9.17, 15) is 9.59 Å². The van der Waals surface area contributed by atoms with Crippen LogP contribution in [0, 0.1) is 0 Å². The molecule has 0 aliphatic heterocycles. The second-order valence-electron chi connectivity index (χ2n) is 4.16. The molecule has 0 unspecified atom stereocenters. The molecule has 1 fully saturated rings. The van der Waals surface area contributed by atoms with Crippen LogP contribution in [-0.4, -0.2) is 34.5 Å². The minimum absolute atomic E-state index is 0.00338. The highest BCUT2D eigenvalue weighted by Crippen LogP contribution is 2.31. The van der Waals surface area contributed by atoms with Gasteiger partial charge in [-0.1, -0.05) is 29.3 Å². The van der Waals surface area contributed by atoms with Crippen molar-refractivity contribution in [3.63, 3.8) is 0 Å². The normalized spacial score (nSPS) is 14.3. The Morgan fingerprint density at radius 3 is 2.56 bits per heavy atom. The van der Waals surface area contributed by atoms with Gasteiger partial charge in [0, 0.05) is 6.04 Å². The van der Waals surface area contributed by atoms with Crippen LogP contribution in [0.2, 0.25) is 10.0 Å². The molecule has 0 aromatic heterocycles. The summed E-state index contributed by atoms with van der Waals surface area (Å²) >= 11 is 11.8. The van der Waals surface area contributed by atoms with Gasteiger partial charge in [-0.2, -0.15) is 0 Å². The number of carbonyl (C=O) groups is 2. The van der Waals surface area contributed by atoms with Crippen LogP contribution in [0.5, 0.6) is 0 Å². The van der Waals surface area contributed by atoms with E-state index in [1.807, 2.05) is 0 Å². The van der Waals surface area contributed by atoms with Crippen molar-refractivity contribution in [2.24, 2.45) is 0 Å². The Morgan fingerprint density at radius 2 is 2.00 bits per heavy atom. The van der Waals surface area contributed by atoms with Crippen LogP contribution >= 0.6 is 23.2 Å². The molecule has 18 heavy (non-hydrogen) atoms. The van der Waals surface area contributed by atoms with Crippen molar-refractivity contribution in [1.29, 1.82) is 0 Å². The number of carboxylic acid groups (broad SMARTS) is 1. The maximum atomic E-state index is 12.3. The Hall–Kier alpha value is -1.26. The molecule has 1 aromatic rings. The summed E-state index contributed by atoms with van der Waals surface area (Å²) in [7, 11) is 0. The summed E-state index contributed by atoms with van der Waals surface area (Å²) in [6, 6.07) is 4.75. The summed E-state index contributed by atoms with van der Waals surface area (Å²) in [4.78, 5) is 24.4. The topological polar surface area (TPSA) is 57.6 Å². The van der Waals surface area contributed by atoms with Gasteiger partial charge in [0.15, 0.2) is 0 Å². The molecule has 1 aliphatic carbocycles. The van der Waals surface area contributed by atoms with E-state index in [1.54, 1.807) is 18.2 Å². The first-order chi connectivity index (χ1) is 8.50. The van der Waals surface area contributed by atoms with Gasteiger partial charge in [-0.05, 0) is 25.0 Å². The lowest BCUT2D eigenvalue weighted by Gasteiger charge is -2.20. The fraction of sp³-hybridized carbons (Fsp3) is 0.333. The number of nitrogens with zero attached hydrogens (tertiary/aromatic N) is 1. The second kappa shape index (κ2) is 5.16. The maximum Gasteiger partial charge on any atom is 0.323 e. The molecule has 0 saturated heterocycles. The third kappa shape index (κ3) is 2.76. The lowest BCUT2D eigenvalue weighted by atomic mass is 10.2. The van der Waals surface area contributed by atoms with Gasteiger partial charge in [0.2, 0.25) is 0 Å². The predicted molar refractivity (Wildman–Crippen MR) is 68.2 cm³/mol. The van der Waals surface area contributed by atoms with Crippen LogP contribution < -0.4 is 0 Å². The van der Waals surface area contributed by atoms with Gasteiger partial charge in [0.25, 0.3) is 5.91 Å². The highest BCUT2D eigenvalue weighted by atomic mass is 35.5. The van der Waals surface area contributed by atoms with Gasteiger partial charge in [0.05, 0.1) is 15.6 Å². The lowest BCUT2D eigenvalue weighted by Crippen LogP contribution is -2.37. The number of carboxylic acids is 1. The van der Waals surface area contributed by atoms with Crippen molar-refractivity contribution in [3.8, 4) is 0 Å². The van der Waals surface area contributed by atoms with Crippen molar-refractivity contribution in [1.82, 2.24) is 4.90 Å². The summed E-state index contributed by atoms with van der Waals surface area (Å²) < 4.78 is 0. The van der Waals surface area contributed by atoms with Gasteiger partial charge >= 0.3 is 5.97 Å². The van der Waals surface area contributed by atoms with E-state index in [-0.39, 0.29) is 34.1 Å². The van der Waals surface area contributed by atoms with Gasteiger partial charge in [0.1, 0.15) is 6.54 Å². The quantitative estimate of drug-likeness (QED) is 0.926. The van der Waals surface area contributed by atoms with E-state index in [1.165, 1.54) is 4.90 Å². The van der Waals surface area contributed by atoms with Gasteiger partial charge in [-0.25, -0.2) is 0 Å². The number of benzene rings is 1. The standard InChI is InChI=1S/C12H11Cl2NO3/c13-9-3-1-2-8(11(9)14)12(18)15(6-10(16)17)7-4-5-7/h1-3,7H,4-6H2,(H,16,17). The fourth-order valence-corrected chi connectivity index (χ4v) is 2.10.